The first-order valence-electron chi connectivity index (χ1n) is 3.54. The van der Waals surface area contributed by atoms with Gasteiger partial charge in [0.2, 0.25) is 0 Å². The maximum absolute atomic E-state index is 11.1. The van der Waals surface area contributed by atoms with Crippen LogP contribution in [-0.4, -0.2) is 16.0 Å². The molecule has 0 aliphatic heterocycles. The molecule has 0 radical (unpaired) electrons. The summed E-state index contributed by atoms with van der Waals surface area (Å²) in [6.45, 7) is 0. The van der Waals surface area contributed by atoms with Crippen LogP contribution in [0.5, 0.6) is 0 Å². The summed E-state index contributed by atoms with van der Waals surface area (Å²) in [6.07, 6.45) is 4.28. The Labute approximate surface area is 74.0 Å². The van der Waals surface area contributed by atoms with Crippen molar-refractivity contribution in [3.63, 3.8) is 0 Å². The van der Waals surface area contributed by atoms with Gasteiger partial charge in [0, 0.05) is 0 Å². The van der Waals surface area contributed by atoms with Crippen LogP contribution in [0.2, 0.25) is 0 Å². The van der Waals surface area contributed by atoms with Crippen molar-refractivity contribution in [2.75, 3.05) is 6.26 Å². The van der Waals surface area contributed by atoms with Gasteiger partial charge in [0.1, 0.15) is 0 Å². The van der Waals surface area contributed by atoms with E-state index in [9.17, 15) is 4.79 Å². The molecule has 3 heteroatoms. The van der Waals surface area contributed by atoms with Gasteiger partial charge in [0.15, 0.2) is 0 Å². The SMILES string of the molecule is CS[I-][C@@H]1[C@@H]2CCC(=O)[C@@H]21. The van der Waals surface area contributed by atoms with E-state index < -0.39 is 0 Å². The molecule has 2 aliphatic carbocycles. The fourth-order valence-corrected chi connectivity index (χ4v) is 7.58. The van der Waals surface area contributed by atoms with E-state index >= 15 is 0 Å². The minimum absolute atomic E-state index is 0.313. The molecule has 0 heterocycles. The van der Waals surface area contributed by atoms with Crippen molar-refractivity contribution in [1.29, 1.82) is 0 Å². The van der Waals surface area contributed by atoms with Crippen LogP contribution in [0.1, 0.15) is 12.8 Å². The molecule has 0 aromatic heterocycles. The van der Waals surface area contributed by atoms with Crippen LogP contribution in [0.3, 0.4) is 0 Å². The Morgan fingerprint density at radius 1 is 1.70 bits per heavy atom. The number of hydrogen-bond acceptors (Lipinski definition) is 2. The van der Waals surface area contributed by atoms with Gasteiger partial charge in [0.25, 0.3) is 0 Å². The third-order valence-corrected chi connectivity index (χ3v) is 7.73. The molecule has 3 atom stereocenters. The van der Waals surface area contributed by atoms with Gasteiger partial charge in [-0.05, 0) is 0 Å². The van der Waals surface area contributed by atoms with E-state index in [4.69, 9.17) is 0 Å². The molecule has 10 heavy (non-hydrogen) atoms. The Balaban J connectivity index is 1.92. The molecule has 0 aromatic carbocycles. The monoisotopic (exact) mass is 269 g/mol. The third kappa shape index (κ3) is 1.02. The van der Waals surface area contributed by atoms with E-state index in [0.29, 0.717) is 31.5 Å². The fourth-order valence-electron chi connectivity index (χ4n) is 1.79. The van der Waals surface area contributed by atoms with Crippen LogP contribution in [0.25, 0.3) is 0 Å². The topological polar surface area (TPSA) is 17.1 Å². The van der Waals surface area contributed by atoms with Crippen LogP contribution < -0.4 is 19.8 Å². The molecule has 0 aromatic rings. The molecule has 0 bridgehead atoms. The second-order valence-corrected chi connectivity index (χ2v) is 8.98. The first-order valence-corrected chi connectivity index (χ1v) is 8.55. The van der Waals surface area contributed by atoms with E-state index in [1.165, 1.54) is 6.42 Å². The Bertz CT molecular complexity index is 171. The molecule has 2 saturated carbocycles. The zero-order chi connectivity index (χ0) is 7.14. The summed E-state index contributed by atoms with van der Waals surface area (Å²) < 4.78 is 0.884. The van der Waals surface area contributed by atoms with E-state index in [1.54, 1.807) is 0 Å². The van der Waals surface area contributed by atoms with Crippen molar-refractivity contribution in [1.82, 2.24) is 0 Å². The number of Topliss-reactive ketones (excluding diaryl/α,β-unsaturated/α-hetero) is 1. The standard InChI is InChI=1S/C7H10IOS/c1-10-8-7-4-2-3-5(9)6(4)7/h4,6-7H,2-3H2,1H3/q-1/t4-,6-,7-/m1/s1. The Morgan fingerprint density at radius 2 is 2.50 bits per heavy atom. The summed E-state index contributed by atoms with van der Waals surface area (Å²) in [7, 11) is 1.99. The summed E-state index contributed by atoms with van der Waals surface area (Å²) >= 11 is 0.313. The second-order valence-electron chi connectivity index (χ2n) is 2.88. The van der Waals surface area contributed by atoms with Gasteiger partial charge in [-0.2, -0.15) is 0 Å². The molecule has 1 nitrogen and oxygen atoms in total. The molecule has 58 valence electrons. The van der Waals surface area contributed by atoms with E-state index in [2.05, 4.69) is 6.26 Å². The number of alkyl halides is 1. The maximum atomic E-state index is 11.1. The Hall–Kier alpha value is 0.750. The fraction of sp³-hybridized carbons (Fsp3) is 0.857. The van der Waals surface area contributed by atoms with Crippen LogP contribution in [-0.2, 0) is 4.79 Å². The average Bonchev–Trinajstić information content (AvgIpc) is 2.45. The molecule has 0 amide bonds. The van der Waals surface area contributed by atoms with Crippen LogP contribution in [0.4, 0.5) is 0 Å². The van der Waals surface area contributed by atoms with Gasteiger partial charge in [-0.1, -0.05) is 0 Å². The number of fused-ring (bicyclic) bond motifs is 1. The molecule has 2 aliphatic rings. The van der Waals surface area contributed by atoms with Gasteiger partial charge in [-0.3, -0.25) is 0 Å². The number of halogens is 1. The van der Waals surface area contributed by atoms with Gasteiger partial charge < -0.3 is 0 Å². The summed E-state index contributed by atoms with van der Waals surface area (Å²) in [5.41, 5.74) is 0. The first-order chi connectivity index (χ1) is 4.84. The van der Waals surface area contributed by atoms with E-state index in [0.717, 1.165) is 16.3 Å². The zero-order valence-electron chi connectivity index (χ0n) is 5.84. The number of carbonyl (C=O) groups is 1. The minimum atomic E-state index is 0.313. The average molecular weight is 269 g/mol. The normalized spacial score (nSPS) is 44.1. The molecule has 0 saturated heterocycles. The van der Waals surface area contributed by atoms with Crippen LogP contribution in [0, 0.1) is 11.8 Å². The number of ketones is 1. The van der Waals surface area contributed by atoms with E-state index in [1.807, 2.05) is 8.93 Å². The number of rotatable bonds is 2. The van der Waals surface area contributed by atoms with Crippen LogP contribution in [0.15, 0.2) is 0 Å². The van der Waals surface area contributed by atoms with Gasteiger partial charge in [-0.25, -0.2) is 0 Å². The molecule has 0 spiro atoms. The Kier molecular flexibility index (Phi) is 1.97. The second kappa shape index (κ2) is 2.66. The third-order valence-electron chi connectivity index (χ3n) is 2.36. The summed E-state index contributed by atoms with van der Waals surface area (Å²) in [4.78, 5) is 11.1. The van der Waals surface area contributed by atoms with Crippen molar-refractivity contribution in [2.24, 2.45) is 11.8 Å². The molecule has 0 N–H and O–H groups in total. The molecule has 2 fully saturated rings. The predicted octanol–water partition coefficient (Wildman–Crippen LogP) is -1.67. The summed E-state index contributed by atoms with van der Waals surface area (Å²) in [6, 6.07) is 0. The molecular formula is C7H10IOS-. The predicted molar refractivity (Wildman–Crippen MR) is 38.5 cm³/mol. The van der Waals surface area contributed by atoms with Crippen molar-refractivity contribution >= 4 is 14.7 Å². The molecule has 0 unspecified atom stereocenters. The van der Waals surface area contributed by atoms with Gasteiger partial charge in [-0.15, -0.1) is 0 Å². The first kappa shape index (κ1) is 7.40. The van der Waals surface area contributed by atoms with Crippen LogP contribution >= 0.6 is 8.93 Å². The molecule has 2 rings (SSSR count). The van der Waals surface area contributed by atoms with Gasteiger partial charge in [0.05, 0.1) is 0 Å². The Morgan fingerprint density at radius 3 is 3.00 bits per heavy atom. The summed E-state index contributed by atoms with van der Waals surface area (Å²) in [5, 5.41) is 0. The van der Waals surface area contributed by atoms with E-state index in [-0.39, 0.29) is 0 Å². The van der Waals surface area contributed by atoms with Crippen molar-refractivity contribution < 1.29 is 24.6 Å². The quantitative estimate of drug-likeness (QED) is 0.440. The summed E-state index contributed by atoms with van der Waals surface area (Å²) in [5.74, 6) is 1.98. The van der Waals surface area contributed by atoms with Crippen molar-refractivity contribution in [2.45, 2.75) is 16.8 Å². The van der Waals surface area contributed by atoms with Crippen molar-refractivity contribution in [3.05, 3.63) is 0 Å². The zero-order valence-corrected chi connectivity index (χ0v) is 8.81. The number of carbonyl (C=O) groups excluding carboxylic acids is 1. The van der Waals surface area contributed by atoms with Crippen molar-refractivity contribution in [3.8, 4) is 0 Å². The van der Waals surface area contributed by atoms with Gasteiger partial charge >= 0.3 is 74.2 Å². The number of hydrogen-bond donors (Lipinski definition) is 0. The molecular weight excluding hydrogens is 259 g/mol.